The molecular weight excluding hydrogens is 398 g/mol. The van der Waals surface area contributed by atoms with E-state index in [1.165, 1.54) is 35.0 Å². The highest BCUT2D eigenvalue weighted by atomic mass is 32.2. The van der Waals surface area contributed by atoms with Crippen LogP contribution in [0.15, 0.2) is 46.1 Å². The Labute approximate surface area is 169 Å². The van der Waals surface area contributed by atoms with E-state index in [-0.39, 0.29) is 17.2 Å². The van der Waals surface area contributed by atoms with E-state index in [1.807, 2.05) is 0 Å². The molecule has 2 aromatic rings. The molecule has 1 aromatic heterocycles. The molecule has 0 atom stereocenters. The van der Waals surface area contributed by atoms with Crippen molar-refractivity contribution in [2.24, 2.45) is 0 Å². The molecule has 29 heavy (non-hydrogen) atoms. The number of amides is 2. The summed E-state index contributed by atoms with van der Waals surface area (Å²) in [4.78, 5) is 24.0. The first-order valence-electron chi connectivity index (χ1n) is 9.29. The van der Waals surface area contributed by atoms with E-state index in [4.69, 9.17) is 9.15 Å². The van der Waals surface area contributed by atoms with Gasteiger partial charge in [0.05, 0.1) is 25.0 Å². The number of hydrogen-bond donors (Lipinski definition) is 2. The van der Waals surface area contributed by atoms with Gasteiger partial charge in [0.1, 0.15) is 16.9 Å². The molecule has 0 bridgehead atoms. The van der Waals surface area contributed by atoms with Gasteiger partial charge in [-0.15, -0.1) is 0 Å². The summed E-state index contributed by atoms with van der Waals surface area (Å²) < 4.78 is 37.7. The number of benzene rings is 1. The summed E-state index contributed by atoms with van der Waals surface area (Å²) in [6, 6.07) is 5.94. The minimum Gasteiger partial charge on any atom is -0.492 e. The van der Waals surface area contributed by atoms with Crippen molar-refractivity contribution in [2.45, 2.75) is 24.7 Å². The molecule has 1 fully saturated rings. The average Bonchev–Trinajstić information content (AvgIpc) is 3.41. The maximum atomic E-state index is 13.0. The van der Waals surface area contributed by atoms with Crippen LogP contribution in [0.2, 0.25) is 0 Å². The highest BCUT2D eigenvalue weighted by Crippen LogP contribution is 2.31. The Kier molecular flexibility index (Phi) is 6.55. The minimum atomic E-state index is -3.73. The van der Waals surface area contributed by atoms with Gasteiger partial charge in [0.15, 0.2) is 0 Å². The second kappa shape index (κ2) is 9.10. The molecule has 0 saturated carbocycles. The van der Waals surface area contributed by atoms with E-state index in [0.29, 0.717) is 30.9 Å². The molecule has 0 unspecified atom stereocenters. The lowest BCUT2D eigenvalue weighted by atomic mass is 10.3. The largest absolute Gasteiger partial charge is 0.492 e. The van der Waals surface area contributed by atoms with Crippen LogP contribution < -0.4 is 15.4 Å². The van der Waals surface area contributed by atoms with Gasteiger partial charge in [0.2, 0.25) is 15.9 Å². The summed E-state index contributed by atoms with van der Waals surface area (Å²) in [5, 5.41) is 5.06. The van der Waals surface area contributed by atoms with Crippen molar-refractivity contribution in [1.82, 2.24) is 9.62 Å². The molecule has 156 valence electrons. The molecule has 0 radical (unpaired) electrons. The normalized spacial score (nSPS) is 14.5. The average molecular weight is 421 g/mol. The van der Waals surface area contributed by atoms with Crippen molar-refractivity contribution in [3.8, 4) is 5.75 Å². The summed E-state index contributed by atoms with van der Waals surface area (Å²) in [7, 11) is -3.73. The Morgan fingerprint density at radius 2 is 1.97 bits per heavy atom. The number of carbonyl (C=O) groups is 2. The monoisotopic (exact) mass is 421 g/mol. The molecule has 3 rings (SSSR count). The van der Waals surface area contributed by atoms with Gasteiger partial charge in [-0.2, -0.15) is 4.31 Å². The van der Waals surface area contributed by atoms with Crippen molar-refractivity contribution in [2.75, 3.05) is 31.6 Å². The van der Waals surface area contributed by atoms with Crippen molar-refractivity contribution >= 4 is 27.5 Å². The number of rotatable bonds is 8. The molecule has 1 aliphatic heterocycles. The number of hydrogen-bond acceptors (Lipinski definition) is 6. The second-order valence-corrected chi connectivity index (χ2v) is 8.35. The Hall–Kier alpha value is -2.85. The van der Waals surface area contributed by atoms with Crippen molar-refractivity contribution < 1.29 is 27.2 Å². The number of furan rings is 1. The Bertz CT molecular complexity index is 966. The molecule has 2 N–H and O–H groups in total. The van der Waals surface area contributed by atoms with Gasteiger partial charge in [0, 0.05) is 18.8 Å². The molecule has 2 amide bonds. The molecular formula is C19H23N3O6S. The van der Waals surface area contributed by atoms with Crippen LogP contribution in [0.4, 0.5) is 5.69 Å². The van der Waals surface area contributed by atoms with Crippen LogP contribution >= 0.6 is 0 Å². The fourth-order valence-corrected chi connectivity index (χ4v) is 4.67. The fraction of sp³-hybridized carbons (Fsp3) is 0.368. The summed E-state index contributed by atoms with van der Waals surface area (Å²) in [6.07, 6.45) is 4.26. The lowest BCUT2D eigenvalue weighted by molar-refractivity contribution is -0.115. The first-order chi connectivity index (χ1) is 13.9. The number of anilines is 1. The lowest BCUT2D eigenvalue weighted by Crippen LogP contribution is -2.32. The van der Waals surface area contributed by atoms with E-state index >= 15 is 0 Å². The van der Waals surface area contributed by atoms with Crippen LogP contribution in [0.3, 0.4) is 0 Å². The molecule has 1 aliphatic rings. The quantitative estimate of drug-likeness (QED) is 0.671. The van der Waals surface area contributed by atoms with Crippen LogP contribution in [0.1, 0.15) is 30.1 Å². The lowest BCUT2D eigenvalue weighted by Gasteiger charge is -2.19. The molecule has 10 heteroatoms. The maximum Gasteiger partial charge on any atom is 0.254 e. The van der Waals surface area contributed by atoms with Gasteiger partial charge in [0.25, 0.3) is 5.91 Å². The Morgan fingerprint density at radius 1 is 1.21 bits per heavy atom. The van der Waals surface area contributed by atoms with Gasteiger partial charge < -0.3 is 19.8 Å². The minimum absolute atomic E-state index is 0.0153. The van der Waals surface area contributed by atoms with Gasteiger partial charge in [-0.3, -0.25) is 9.59 Å². The number of sulfonamides is 1. The van der Waals surface area contributed by atoms with Crippen LogP contribution in [-0.2, 0) is 14.8 Å². The third kappa shape index (κ3) is 4.96. The molecule has 9 nitrogen and oxygen atoms in total. The molecule has 2 heterocycles. The van der Waals surface area contributed by atoms with Gasteiger partial charge in [-0.05, 0) is 44.0 Å². The third-order valence-electron chi connectivity index (χ3n) is 4.40. The van der Waals surface area contributed by atoms with E-state index in [9.17, 15) is 18.0 Å². The molecule has 0 aliphatic carbocycles. The summed E-state index contributed by atoms with van der Waals surface area (Å²) in [6.45, 7) is 2.74. The zero-order chi connectivity index (χ0) is 20.9. The first kappa shape index (κ1) is 20.9. The Balaban J connectivity index is 1.72. The zero-order valence-electron chi connectivity index (χ0n) is 16.0. The second-order valence-electron chi connectivity index (χ2n) is 6.45. The highest BCUT2D eigenvalue weighted by Gasteiger charge is 2.30. The number of carbonyl (C=O) groups excluding carboxylic acids is 2. The fourth-order valence-electron chi connectivity index (χ4n) is 2.99. The van der Waals surface area contributed by atoms with Crippen molar-refractivity contribution in [3.05, 3.63) is 42.4 Å². The maximum absolute atomic E-state index is 13.0. The van der Waals surface area contributed by atoms with Crippen LogP contribution in [0.25, 0.3) is 0 Å². The summed E-state index contributed by atoms with van der Waals surface area (Å²) in [5.74, 6) is -0.695. The summed E-state index contributed by atoms with van der Waals surface area (Å²) >= 11 is 0. The van der Waals surface area contributed by atoms with Crippen molar-refractivity contribution in [1.29, 1.82) is 0 Å². The number of ether oxygens (including phenoxy) is 1. The van der Waals surface area contributed by atoms with Crippen LogP contribution in [0.5, 0.6) is 5.75 Å². The van der Waals surface area contributed by atoms with E-state index in [2.05, 4.69) is 10.6 Å². The summed E-state index contributed by atoms with van der Waals surface area (Å²) in [5.41, 5.74) is 0.603. The van der Waals surface area contributed by atoms with Gasteiger partial charge >= 0.3 is 0 Å². The topological polar surface area (TPSA) is 118 Å². The predicted octanol–water partition coefficient (Wildman–Crippen LogP) is 1.83. The molecule has 1 saturated heterocycles. The van der Waals surface area contributed by atoms with E-state index in [0.717, 1.165) is 12.8 Å². The van der Waals surface area contributed by atoms with E-state index in [1.54, 1.807) is 13.0 Å². The molecule has 0 spiro atoms. The zero-order valence-corrected chi connectivity index (χ0v) is 16.8. The SMILES string of the molecule is CCOc1ccc(NC(=O)CNC(=O)c2ccoc2)cc1S(=O)(=O)N1CCCC1. The Morgan fingerprint density at radius 3 is 2.62 bits per heavy atom. The van der Waals surface area contributed by atoms with E-state index < -0.39 is 21.8 Å². The van der Waals surface area contributed by atoms with Gasteiger partial charge in [-0.25, -0.2) is 8.42 Å². The van der Waals surface area contributed by atoms with Gasteiger partial charge in [-0.1, -0.05) is 0 Å². The molecule has 1 aromatic carbocycles. The number of nitrogens with zero attached hydrogens (tertiary/aromatic N) is 1. The smallest absolute Gasteiger partial charge is 0.254 e. The number of nitrogens with one attached hydrogen (secondary N) is 2. The van der Waals surface area contributed by atoms with Crippen LogP contribution in [0, 0.1) is 0 Å². The van der Waals surface area contributed by atoms with Crippen molar-refractivity contribution in [3.63, 3.8) is 0 Å². The van der Waals surface area contributed by atoms with Crippen LogP contribution in [-0.4, -0.2) is 50.8 Å². The first-order valence-corrected chi connectivity index (χ1v) is 10.7. The standard InChI is InChI=1S/C19H23N3O6S/c1-2-28-16-6-5-15(11-17(16)29(25,26)22-8-3-4-9-22)21-18(23)12-20-19(24)14-7-10-27-13-14/h5-7,10-11,13H,2-4,8-9,12H2,1H3,(H,20,24)(H,21,23). The highest BCUT2D eigenvalue weighted by molar-refractivity contribution is 7.89. The predicted molar refractivity (Wildman–Crippen MR) is 105 cm³/mol. The third-order valence-corrected chi connectivity index (χ3v) is 6.32.